The highest BCUT2D eigenvalue weighted by Crippen LogP contribution is 2.29. The second-order valence-electron chi connectivity index (χ2n) is 6.25. The van der Waals surface area contributed by atoms with Gasteiger partial charge >= 0.3 is 0 Å². The third-order valence-corrected chi connectivity index (χ3v) is 4.77. The van der Waals surface area contributed by atoms with Gasteiger partial charge in [-0.1, -0.05) is 30.7 Å². The molecule has 0 atom stereocenters. The number of benzene rings is 2. The third kappa shape index (κ3) is 3.35. The lowest BCUT2D eigenvalue weighted by Crippen LogP contribution is -2.33. The van der Waals surface area contributed by atoms with Crippen molar-refractivity contribution in [2.75, 3.05) is 23.7 Å². The highest BCUT2D eigenvalue weighted by atomic mass is 35.5. The van der Waals surface area contributed by atoms with Crippen LogP contribution in [0.2, 0.25) is 5.02 Å². The number of rotatable bonds is 3. The number of ketones is 1. The number of hydrogen-bond donors (Lipinski definition) is 1. The summed E-state index contributed by atoms with van der Waals surface area (Å²) in [6, 6.07) is 12.8. The molecule has 1 aliphatic rings. The molecule has 1 saturated heterocycles. The molecule has 3 rings (SSSR count). The van der Waals surface area contributed by atoms with Gasteiger partial charge in [0.15, 0.2) is 5.78 Å². The monoisotopic (exact) mass is 328 g/mol. The Kier molecular flexibility index (Phi) is 4.58. The van der Waals surface area contributed by atoms with E-state index >= 15 is 0 Å². The zero-order valence-corrected chi connectivity index (χ0v) is 14.0. The molecule has 0 unspecified atom stereocenters. The summed E-state index contributed by atoms with van der Waals surface area (Å²) in [7, 11) is 0. The van der Waals surface area contributed by atoms with Gasteiger partial charge in [0, 0.05) is 40.6 Å². The summed E-state index contributed by atoms with van der Waals surface area (Å²) in [4.78, 5) is 15.3. The molecule has 1 aliphatic heterocycles. The quantitative estimate of drug-likeness (QED) is 0.671. The molecule has 2 aromatic rings. The highest BCUT2D eigenvalue weighted by Gasteiger charge is 2.22. The topological polar surface area (TPSA) is 46.3 Å². The third-order valence-electron chi connectivity index (χ3n) is 4.53. The standard InChI is InChI=1S/C19H21ClN2O/c1-13-8-10-22(11-9-13)18-5-3-2-4-16(18)19(23)15-7-6-14(20)12-17(15)21/h2-7,12-13H,8-11,21H2,1H3. The Labute approximate surface area is 142 Å². The van der Waals surface area contributed by atoms with Crippen molar-refractivity contribution in [1.82, 2.24) is 0 Å². The number of anilines is 2. The van der Waals surface area contributed by atoms with Gasteiger partial charge in [-0.15, -0.1) is 0 Å². The van der Waals surface area contributed by atoms with E-state index in [-0.39, 0.29) is 5.78 Å². The predicted octanol–water partition coefficient (Wildman–Crippen LogP) is 4.39. The fourth-order valence-corrected chi connectivity index (χ4v) is 3.26. The molecule has 4 heteroatoms. The first-order chi connectivity index (χ1) is 11.1. The summed E-state index contributed by atoms with van der Waals surface area (Å²) in [6.45, 7) is 4.26. The number of nitrogen functional groups attached to an aromatic ring is 1. The van der Waals surface area contributed by atoms with Gasteiger partial charge in [0.2, 0.25) is 0 Å². The number of carbonyl (C=O) groups excluding carboxylic acids is 1. The average molecular weight is 329 g/mol. The van der Waals surface area contributed by atoms with Gasteiger partial charge in [-0.2, -0.15) is 0 Å². The van der Waals surface area contributed by atoms with Gasteiger partial charge in [0.25, 0.3) is 0 Å². The number of halogens is 1. The van der Waals surface area contributed by atoms with Crippen molar-refractivity contribution in [3.05, 3.63) is 58.6 Å². The Morgan fingerprint density at radius 3 is 2.52 bits per heavy atom. The van der Waals surface area contributed by atoms with Crippen LogP contribution in [0.4, 0.5) is 11.4 Å². The summed E-state index contributed by atoms with van der Waals surface area (Å²) >= 11 is 5.93. The van der Waals surface area contributed by atoms with E-state index in [1.54, 1.807) is 18.2 Å². The number of hydrogen-bond acceptors (Lipinski definition) is 3. The molecule has 0 radical (unpaired) electrons. The Hall–Kier alpha value is -2.00. The fourth-order valence-electron chi connectivity index (χ4n) is 3.08. The first-order valence-electron chi connectivity index (χ1n) is 8.00. The summed E-state index contributed by atoms with van der Waals surface area (Å²) in [5.41, 5.74) is 8.62. The van der Waals surface area contributed by atoms with E-state index in [0.717, 1.165) is 37.5 Å². The van der Waals surface area contributed by atoms with Crippen LogP contribution in [-0.2, 0) is 0 Å². The van der Waals surface area contributed by atoms with Gasteiger partial charge in [0.05, 0.1) is 0 Å². The van der Waals surface area contributed by atoms with Crippen LogP contribution in [0.15, 0.2) is 42.5 Å². The van der Waals surface area contributed by atoms with Crippen molar-refractivity contribution in [3.8, 4) is 0 Å². The summed E-state index contributed by atoms with van der Waals surface area (Å²) in [5, 5.41) is 0.539. The molecule has 1 fully saturated rings. The largest absolute Gasteiger partial charge is 0.398 e. The minimum Gasteiger partial charge on any atom is -0.398 e. The summed E-state index contributed by atoms with van der Waals surface area (Å²) in [5.74, 6) is 0.703. The smallest absolute Gasteiger partial charge is 0.197 e. The van der Waals surface area contributed by atoms with Crippen molar-refractivity contribution < 1.29 is 4.79 Å². The maximum absolute atomic E-state index is 13.0. The Bertz CT molecular complexity index is 721. The van der Waals surface area contributed by atoms with Crippen LogP contribution in [0.3, 0.4) is 0 Å². The number of carbonyl (C=O) groups is 1. The molecule has 0 amide bonds. The van der Waals surface area contributed by atoms with E-state index in [0.29, 0.717) is 21.8 Å². The molecular formula is C19H21ClN2O. The lowest BCUT2D eigenvalue weighted by atomic mass is 9.96. The van der Waals surface area contributed by atoms with E-state index in [1.807, 2.05) is 24.3 Å². The maximum atomic E-state index is 13.0. The minimum absolute atomic E-state index is 0.0478. The van der Waals surface area contributed by atoms with Crippen LogP contribution in [0.5, 0.6) is 0 Å². The van der Waals surface area contributed by atoms with Crippen LogP contribution in [0.1, 0.15) is 35.7 Å². The molecular weight excluding hydrogens is 308 g/mol. The molecule has 0 spiro atoms. The molecule has 0 aromatic heterocycles. The average Bonchev–Trinajstić information content (AvgIpc) is 2.55. The lowest BCUT2D eigenvalue weighted by molar-refractivity contribution is 0.104. The Balaban J connectivity index is 1.95. The zero-order chi connectivity index (χ0) is 16.4. The van der Waals surface area contributed by atoms with E-state index < -0.39 is 0 Å². The van der Waals surface area contributed by atoms with E-state index in [9.17, 15) is 4.79 Å². The summed E-state index contributed by atoms with van der Waals surface area (Å²) in [6.07, 6.45) is 2.32. The van der Waals surface area contributed by atoms with Crippen LogP contribution >= 0.6 is 11.6 Å². The van der Waals surface area contributed by atoms with E-state index in [4.69, 9.17) is 17.3 Å². The number of nitrogens with two attached hydrogens (primary N) is 1. The second-order valence-corrected chi connectivity index (χ2v) is 6.68. The van der Waals surface area contributed by atoms with Crippen LogP contribution in [-0.4, -0.2) is 18.9 Å². The van der Waals surface area contributed by atoms with E-state index in [1.165, 1.54) is 0 Å². The maximum Gasteiger partial charge on any atom is 0.197 e. The van der Waals surface area contributed by atoms with Crippen LogP contribution < -0.4 is 10.6 Å². The molecule has 2 aromatic carbocycles. The highest BCUT2D eigenvalue weighted by molar-refractivity contribution is 6.31. The first kappa shape index (κ1) is 15.9. The number of nitrogens with zero attached hydrogens (tertiary/aromatic N) is 1. The number of piperidine rings is 1. The number of para-hydroxylation sites is 1. The second kappa shape index (κ2) is 6.63. The minimum atomic E-state index is -0.0478. The van der Waals surface area contributed by atoms with E-state index in [2.05, 4.69) is 11.8 Å². The van der Waals surface area contributed by atoms with Crippen molar-refractivity contribution in [2.24, 2.45) is 5.92 Å². The molecule has 23 heavy (non-hydrogen) atoms. The summed E-state index contributed by atoms with van der Waals surface area (Å²) < 4.78 is 0. The molecule has 3 nitrogen and oxygen atoms in total. The van der Waals surface area contributed by atoms with Crippen LogP contribution in [0, 0.1) is 5.92 Å². The molecule has 120 valence electrons. The Morgan fingerprint density at radius 2 is 1.83 bits per heavy atom. The molecule has 2 N–H and O–H groups in total. The molecule has 0 aliphatic carbocycles. The SMILES string of the molecule is CC1CCN(c2ccccc2C(=O)c2ccc(Cl)cc2N)CC1. The van der Waals surface area contributed by atoms with Gasteiger partial charge in [-0.3, -0.25) is 4.79 Å². The fraction of sp³-hybridized carbons (Fsp3) is 0.316. The van der Waals surface area contributed by atoms with Gasteiger partial charge in [-0.25, -0.2) is 0 Å². The van der Waals surface area contributed by atoms with Crippen LogP contribution in [0.25, 0.3) is 0 Å². The van der Waals surface area contributed by atoms with Crippen molar-refractivity contribution in [3.63, 3.8) is 0 Å². The van der Waals surface area contributed by atoms with Gasteiger partial charge in [-0.05, 0) is 49.1 Å². The lowest BCUT2D eigenvalue weighted by Gasteiger charge is -2.33. The molecule has 1 heterocycles. The van der Waals surface area contributed by atoms with Crippen molar-refractivity contribution in [2.45, 2.75) is 19.8 Å². The molecule has 0 saturated carbocycles. The first-order valence-corrected chi connectivity index (χ1v) is 8.38. The van der Waals surface area contributed by atoms with Gasteiger partial charge in [0.1, 0.15) is 0 Å². The van der Waals surface area contributed by atoms with Crippen molar-refractivity contribution in [1.29, 1.82) is 0 Å². The Morgan fingerprint density at radius 1 is 1.13 bits per heavy atom. The normalized spacial score (nSPS) is 15.7. The zero-order valence-electron chi connectivity index (χ0n) is 13.3. The molecule has 0 bridgehead atoms. The van der Waals surface area contributed by atoms with Gasteiger partial charge < -0.3 is 10.6 Å². The van der Waals surface area contributed by atoms with Crippen molar-refractivity contribution >= 4 is 28.8 Å². The predicted molar refractivity (Wildman–Crippen MR) is 96.3 cm³/mol.